The fraction of sp³-hybridized carbons (Fsp3) is 0.400. The fourth-order valence-corrected chi connectivity index (χ4v) is 3.56. The summed E-state index contributed by atoms with van der Waals surface area (Å²) in [5.74, 6) is -0.188. The van der Waals surface area contributed by atoms with E-state index in [0.29, 0.717) is 19.4 Å². The highest BCUT2D eigenvalue weighted by Gasteiger charge is 2.14. The molecule has 6 nitrogen and oxygen atoms in total. The molecule has 0 saturated carbocycles. The Bertz CT molecular complexity index is 937. The van der Waals surface area contributed by atoms with Gasteiger partial charge in [0.25, 0.3) is 0 Å². The number of amides is 1. The summed E-state index contributed by atoms with van der Waals surface area (Å²) in [5.41, 5.74) is 3.93. The van der Waals surface area contributed by atoms with Crippen molar-refractivity contribution in [1.82, 2.24) is 25.0 Å². The summed E-state index contributed by atoms with van der Waals surface area (Å²) in [7, 11) is 1.79. The van der Waals surface area contributed by atoms with Gasteiger partial charge in [-0.3, -0.25) is 9.48 Å². The standard InChI is InChI=1S/C20H24FN5O/c1-25(13-17-10-14-9-15(21)3-5-19(14)23-17)20(27)6-4-16-11-18-12-22-7-2-8-26(18)24-16/h3,5,9-11,22-23H,2,4,6-8,12-13H2,1H3. The Morgan fingerprint density at radius 1 is 1.33 bits per heavy atom. The zero-order valence-electron chi connectivity index (χ0n) is 15.5. The molecule has 1 amide bonds. The number of rotatable bonds is 5. The number of hydrogen-bond donors (Lipinski definition) is 2. The lowest BCUT2D eigenvalue weighted by molar-refractivity contribution is -0.130. The van der Waals surface area contributed by atoms with Gasteiger partial charge in [-0.15, -0.1) is 0 Å². The van der Waals surface area contributed by atoms with Crippen LogP contribution < -0.4 is 5.32 Å². The first-order chi connectivity index (χ1) is 13.1. The van der Waals surface area contributed by atoms with Crippen LogP contribution >= 0.6 is 0 Å². The van der Waals surface area contributed by atoms with Crippen LogP contribution in [0.3, 0.4) is 0 Å². The highest BCUT2D eigenvalue weighted by molar-refractivity contribution is 5.81. The molecule has 0 atom stereocenters. The van der Waals surface area contributed by atoms with Gasteiger partial charge >= 0.3 is 0 Å². The number of fused-ring (bicyclic) bond motifs is 2. The van der Waals surface area contributed by atoms with Gasteiger partial charge < -0.3 is 15.2 Å². The molecule has 7 heteroatoms. The number of carbonyl (C=O) groups is 1. The summed E-state index contributed by atoms with van der Waals surface area (Å²) in [6, 6.07) is 8.63. The maximum absolute atomic E-state index is 13.3. The Morgan fingerprint density at radius 3 is 3.11 bits per heavy atom. The average Bonchev–Trinajstić information content (AvgIpc) is 3.15. The predicted molar refractivity (Wildman–Crippen MR) is 102 cm³/mol. The minimum atomic E-state index is -0.258. The number of aromatic nitrogens is 3. The van der Waals surface area contributed by atoms with Crippen molar-refractivity contribution >= 4 is 16.8 Å². The highest BCUT2D eigenvalue weighted by Crippen LogP contribution is 2.18. The summed E-state index contributed by atoms with van der Waals surface area (Å²) in [5, 5.41) is 8.82. The summed E-state index contributed by atoms with van der Waals surface area (Å²) in [6.45, 7) is 3.25. The molecule has 0 saturated heterocycles. The Kier molecular flexibility index (Phi) is 4.94. The maximum atomic E-state index is 13.3. The van der Waals surface area contributed by atoms with Crippen molar-refractivity contribution in [3.63, 3.8) is 0 Å². The lowest BCUT2D eigenvalue weighted by Crippen LogP contribution is -2.26. The first kappa shape index (κ1) is 17.7. The molecule has 3 aromatic rings. The van der Waals surface area contributed by atoms with Gasteiger partial charge in [0.2, 0.25) is 5.91 Å². The number of halogens is 1. The van der Waals surface area contributed by atoms with Crippen molar-refractivity contribution < 1.29 is 9.18 Å². The monoisotopic (exact) mass is 369 g/mol. The number of aryl methyl sites for hydroxylation is 2. The van der Waals surface area contributed by atoms with Crippen LogP contribution in [0.15, 0.2) is 30.3 Å². The Balaban J connectivity index is 1.34. The molecular formula is C20H24FN5O. The van der Waals surface area contributed by atoms with E-state index >= 15 is 0 Å². The molecule has 1 aliphatic heterocycles. The molecule has 27 heavy (non-hydrogen) atoms. The van der Waals surface area contributed by atoms with Crippen LogP contribution in [0.5, 0.6) is 0 Å². The van der Waals surface area contributed by atoms with Crippen LogP contribution in [0.2, 0.25) is 0 Å². The first-order valence-corrected chi connectivity index (χ1v) is 9.36. The molecule has 2 N–H and O–H groups in total. The zero-order chi connectivity index (χ0) is 18.8. The SMILES string of the molecule is CN(Cc1cc2cc(F)ccc2[nH]1)C(=O)CCc1cc2n(n1)CCCNC2. The van der Waals surface area contributed by atoms with Crippen LogP contribution in [0.1, 0.15) is 29.9 Å². The van der Waals surface area contributed by atoms with Crippen LogP contribution in [-0.4, -0.2) is 39.2 Å². The van der Waals surface area contributed by atoms with Gasteiger partial charge in [0, 0.05) is 49.6 Å². The van der Waals surface area contributed by atoms with Gasteiger partial charge in [0.15, 0.2) is 0 Å². The third-order valence-electron chi connectivity index (χ3n) is 5.01. The van der Waals surface area contributed by atoms with Gasteiger partial charge in [-0.25, -0.2) is 4.39 Å². The molecule has 1 aromatic carbocycles. The van der Waals surface area contributed by atoms with Crippen molar-refractivity contribution in [1.29, 1.82) is 0 Å². The lowest BCUT2D eigenvalue weighted by atomic mass is 10.2. The molecule has 142 valence electrons. The number of nitrogens with zero attached hydrogens (tertiary/aromatic N) is 3. The van der Waals surface area contributed by atoms with Crippen molar-refractivity contribution in [2.45, 2.75) is 38.9 Å². The minimum absolute atomic E-state index is 0.0705. The summed E-state index contributed by atoms with van der Waals surface area (Å²) in [4.78, 5) is 17.4. The second kappa shape index (κ2) is 7.52. The van der Waals surface area contributed by atoms with E-state index in [2.05, 4.69) is 21.5 Å². The molecule has 0 unspecified atom stereocenters. The molecule has 4 rings (SSSR count). The molecule has 0 radical (unpaired) electrons. The Hall–Kier alpha value is -2.67. The smallest absolute Gasteiger partial charge is 0.223 e. The molecule has 2 aromatic heterocycles. The fourth-order valence-electron chi connectivity index (χ4n) is 3.56. The van der Waals surface area contributed by atoms with E-state index in [1.807, 2.05) is 10.7 Å². The molecule has 0 spiro atoms. The average molecular weight is 369 g/mol. The van der Waals surface area contributed by atoms with E-state index in [9.17, 15) is 9.18 Å². The minimum Gasteiger partial charge on any atom is -0.357 e. The number of aromatic amines is 1. The van der Waals surface area contributed by atoms with E-state index in [4.69, 9.17) is 0 Å². The van der Waals surface area contributed by atoms with Gasteiger partial charge in [-0.05, 0) is 43.3 Å². The topological polar surface area (TPSA) is 66.0 Å². The first-order valence-electron chi connectivity index (χ1n) is 9.36. The number of hydrogen-bond acceptors (Lipinski definition) is 3. The highest BCUT2D eigenvalue weighted by atomic mass is 19.1. The third-order valence-corrected chi connectivity index (χ3v) is 5.01. The second-order valence-corrected chi connectivity index (χ2v) is 7.16. The van der Waals surface area contributed by atoms with Crippen molar-refractivity contribution in [3.8, 4) is 0 Å². The lowest BCUT2D eigenvalue weighted by Gasteiger charge is -2.16. The van der Waals surface area contributed by atoms with Gasteiger partial charge in [0.1, 0.15) is 5.82 Å². The zero-order valence-corrected chi connectivity index (χ0v) is 15.5. The Morgan fingerprint density at radius 2 is 2.22 bits per heavy atom. The van der Waals surface area contributed by atoms with E-state index in [1.54, 1.807) is 18.0 Å². The summed E-state index contributed by atoms with van der Waals surface area (Å²) in [6.07, 6.45) is 2.14. The second-order valence-electron chi connectivity index (χ2n) is 7.16. The van der Waals surface area contributed by atoms with E-state index in [1.165, 1.54) is 17.8 Å². The van der Waals surface area contributed by atoms with E-state index in [-0.39, 0.29) is 11.7 Å². The largest absolute Gasteiger partial charge is 0.357 e. The molecule has 1 aliphatic rings. The van der Waals surface area contributed by atoms with Crippen molar-refractivity contribution in [2.75, 3.05) is 13.6 Å². The van der Waals surface area contributed by atoms with Crippen LogP contribution in [-0.2, 0) is 30.8 Å². The maximum Gasteiger partial charge on any atom is 0.223 e. The van der Waals surface area contributed by atoms with Crippen LogP contribution in [0, 0.1) is 5.82 Å². The number of H-pyrrole nitrogens is 1. The normalized spacial score (nSPS) is 14.1. The van der Waals surface area contributed by atoms with Gasteiger partial charge in [-0.2, -0.15) is 5.10 Å². The molecule has 0 bridgehead atoms. The quantitative estimate of drug-likeness (QED) is 0.727. The van der Waals surface area contributed by atoms with Gasteiger partial charge in [0.05, 0.1) is 17.9 Å². The van der Waals surface area contributed by atoms with E-state index in [0.717, 1.165) is 48.3 Å². The third kappa shape index (κ3) is 4.03. The van der Waals surface area contributed by atoms with Crippen LogP contribution in [0.25, 0.3) is 10.9 Å². The summed E-state index contributed by atoms with van der Waals surface area (Å²) < 4.78 is 15.4. The van der Waals surface area contributed by atoms with Gasteiger partial charge in [-0.1, -0.05) is 0 Å². The molecule has 0 aliphatic carbocycles. The number of benzene rings is 1. The number of nitrogens with one attached hydrogen (secondary N) is 2. The molecular weight excluding hydrogens is 345 g/mol. The van der Waals surface area contributed by atoms with E-state index < -0.39 is 0 Å². The summed E-state index contributed by atoms with van der Waals surface area (Å²) >= 11 is 0. The van der Waals surface area contributed by atoms with Crippen molar-refractivity contribution in [2.24, 2.45) is 0 Å². The molecule has 3 heterocycles. The molecule has 0 fully saturated rings. The van der Waals surface area contributed by atoms with Crippen LogP contribution in [0.4, 0.5) is 4.39 Å². The Labute approximate surface area is 157 Å². The predicted octanol–water partition coefficient (Wildman–Crippen LogP) is 2.59. The number of carbonyl (C=O) groups excluding carboxylic acids is 1. The van der Waals surface area contributed by atoms with Crippen molar-refractivity contribution in [3.05, 3.63) is 53.2 Å².